The van der Waals surface area contributed by atoms with E-state index in [0.29, 0.717) is 18.5 Å². The number of nitrogens with zero attached hydrogens (tertiary/aromatic N) is 2. The molecule has 4 rings (SSSR count). The van der Waals surface area contributed by atoms with Crippen molar-refractivity contribution in [3.63, 3.8) is 0 Å². The fourth-order valence-electron chi connectivity index (χ4n) is 3.96. The minimum Gasteiger partial charge on any atom is -0.378 e. The maximum atomic E-state index is 12.7. The molecule has 1 amide bonds. The van der Waals surface area contributed by atoms with Gasteiger partial charge in [-0.1, -0.05) is 38.1 Å². The van der Waals surface area contributed by atoms with Crippen molar-refractivity contribution in [2.75, 3.05) is 43.1 Å². The van der Waals surface area contributed by atoms with Crippen molar-refractivity contribution in [2.24, 2.45) is 0 Å². The minimum atomic E-state index is 0.0554. The van der Waals surface area contributed by atoms with Crippen LogP contribution in [0.1, 0.15) is 43.7 Å². The normalized spacial score (nSPS) is 16.9. The highest BCUT2D eigenvalue weighted by Gasteiger charge is 2.30. The molecule has 0 unspecified atom stereocenters. The number of hydrogen-bond donors (Lipinski definition) is 1. The van der Waals surface area contributed by atoms with Crippen LogP contribution in [0.25, 0.3) is 0 Å². The number of benzene rings is 2. The maximum Gasteiger partial charge on any atom is 0.238 e. The molecule has 1 N–H and O–H groups in total. The molecule has 0 aromatic heterocycles. The standard InChI is InChI=1S/C25H33N3O2/c1-19(2)21-5-3-20(4-6-21)17-28(24-11-12-24)18-25(29)26-22-7-9-23(10-8-22)27-13-15-30-16-14-27/h3-10,19,24H,11-18H2,1-2H3,(H,26,29). The van der Waals surface area contributed by atoms with Gasteiger partial charge >= 0.3 is 0 Å². The monoisotopic (exact) mass is 407 g/mol. The summed E-state index contributed by atoms with van der Waals surface area (Å²) in [7, 11) is 0. The fraction of sp³-hybridized carbons (Fsp3) is 0.480. The largest absolute Gasteiger partial charge is 0.378 e. The summed E-state index contributed by atoms with van der Waals surface area (Å²) in [6.07, 6.45) is 2.37. The van der Waals surface area contributed by atoms with Crippen LogP contribution in [0.4, 0.5) is 11.4 Å². The van der Waals surface area contributed by atoms with Gasteiger partial charge in [-0.25, -0.2) is 0 Å². The minimum absolute atomic E-state index is 0.0554. The molecule has 5 heteroatoms. The third-order valence-electron chi connectivity index (χ3n) is 5.97. The molecular weight excluding hydrogens is 374 g/mol. The molecule has 2 aromatic carbocycles. The van der Waals surface area contributed by atoms with Gasteiger partial charge in [-0.3, -0.25) is 9.69 Å². The molecule has 5 nitrogen and oxygen atoms in total. The van der Waals surface area contributed by atoms with Crippen LogP contribution in [0.2, 0.25) is 0 Å². The second-order valence-electron chi connectivity index (χ2n) is 8.73. The Morgan fingerprint density at radius 1 is 1.07 bits per heavy atom. The van der Waals surface area contributed by atoms with Crippen LogP contribution in [-0.4, -0.2) is 49.7 Å². The van der Waals surface area contributed by atoms with E-state index >= 15 is 0 Å². The average Bonchev–Trinajstić information content (AvgIpc) is 3.60. The Kier molecular flexibility index (Phi) is 6.70. The van der Waals surface area contributed by atoms with Gasteiger partial charge in [-0.05, 0) is 54.2 Å². The summed E-state index contributed by atoms with van der Waals surface area (Å²) in [6, 6.07) is 17.5. The molecule has 1 saturated heterocycles. The van der Waals surface area contributed by atoms with E-state index < -0.39 is 0 Å². The van der Waals surface area contributed by atoms with Crippen LogP contribution in [0.5, 0.6) is 0 Å². The summed E-state index contributed by atoms with van der Waals surface area (Å²) < 4.78 is 5.41. The Morgan fingerprint density at radius 3 is 2.33 bits per heavy atom. The van der Waals surface area contributed by atoms with E-state index in [1.807, 2.05) is 12.1 Å². The Morgan fingerprint density at radius 2 is 1.73 bits per heavy atom. The lowest BCUT2D eigenvalue weighted by Crippen LogP contribution is -2.36. The quantitative estimate of drug-likeness (QED) is 0.711. The van der Waals surface area contributed by atoms with E-state index in [0.717, 1.165) is 38.5 Å². The molecule has 0 spiro atoms. The Labute approximate surface area is 180 Å². The molecule has 1 heterocycles. The Balaban J connectivity index is 1.32. The smallest absolute Gasteiger partial charge is 0.238 e. The van der Waals surface area contributed by atoms with Gasteiger partial charge in [0.2, 0.25) is 5.91 Å². The summed E-state index contributed by atoms with van der Waals surface area (Å²) in [5.41, 5.74) is 4.67. The van der Waals surface area contributed by atoms with Gasteiger partial charge in [0.25, 0.3) is 0 Å². The number of hydrogen-bond acceptors (Lipinski definition) is 4. The molecule has 0 atom stereocenters. The predicted octanol–water partition coefficient (Wildman–Crippen LogP) is 4.25. The predicted molar refractivity (Wildman–Crippen MR) is 122 cm³/mol. The molecule has 0 radical (unpaired) electrons. The number of morpholine rings is 1. The van der Waals surface area contributed by atoms with E-state index in [-0.39, 0.29) is 5.91 Å². The summed E-state index contributed by atoms with van der Waals surface area (Å²) >= 11 is 0. The van der Waals surface area contributed by atoms with Crippen molar-refractivity contribution in [3.05, 3.63) is 59.7 Å². The van der Waals surface area contributed by atoms with Crippen LogP contribution < -0.4 is 10.2 Å². The van der Waals surface area contributed by atoms with Crippen LogP contribution >= 0.6 is 0 Å². The summed E-state index contributed by atoms with van der Waals surface area (Å²) in [6.45, 7) is 9.06. The molecule has 0 bridgehead atoms. The van der Waals surface area contributed by atoms with Gasteiger partial charge in [0.1, 0.15) is 0 Å². The number of anilines is 2. The SMILES string of the molecule is CC(C)c1ccc(CN(CC(=O)Nc2ccc(N3CCOCC3)cc2)C2CC2)cc1. The van der Waals surface area contributed by atoms with Crippen molar-refractivity contribution in [2.45, 2.75) is 45.2 Å². The van der Waals surface area contributed by atoms with E-state index in [1.54, 1.807) is 0 Å². The van der Waals surface area contributed by atoms with Crippen LogP contribution in [-0.2, 0) is 16.1 Å². The average molecular weight is 408 g/mol. The zero-order valence-electron chi connectivity index (χ0n) is 18.1. The number of amides is 1. The molecule has 160 valence electrons. The molecule has 1 saturated carbocycles. The zero-order chi connectivity index (χ0) is 20.9. The van der Waals surface area contributed by atoms with Crippen molar-refractivity contribution in [1.29, 1.82) is 0 Å². The van der Waals surface area contributed by atoms with Crippen LogP contribution in [0, 0.1) is 0 Å². The van der Waals surface area contributed by atoms with E-state index in [4.69, 9.17) is 4.74 Å². The first-order chi connectivity index (χ1) is 14.6. The van der Waals surface area contributed by atoms with Crippen molar-refractivity contribution in [1.82, 2.24) is 4.90 Å². The first-order valence-electron chi connectivity index (χ1n) is 11.1. The van der Waals surface area contributed by atoms with Gasteiger partial charge in [0, 0.05) is 37.1 Å². The van der Waals surface area contributed by atoms with E-state index in [2.05, 4.69) is 65.4 Å². The lowest BCUT2D eigenvalue weighted by Gasteiger charge is -2.29. The lowest BCUT2D eigenvalue weighted by atomic mass is 10.0. The lowest BCUT2D eigenvalue weighted by molar-refractivity contribution is -0.117. The van der Waals surface area contributed by atoms with E-state index in [9.17, 15) is 4.79 Å². The summed E-state index contributed by atoms with van der Waals surface area (Å²) in [5, 5.41) is 3.07. The first-order valence-corrected chi connectivity index (χ1v) is 11.1. The molecule has 2 aliphatic rings. The molecule has 30 heavy (non-hydrogen) atoms. The summed E-state index contributed by atoms with van der Waals surface area (Å²) in [4.78, 5) is 17.3. The number of carbonyl (C=O) groups is 1. The first kappa shape index (κ1) is 20.9. The van der Waals surface area contributed by atoms with Gasteiger partial charge < -0.3 is 15.0 Å². The second-order valence-corrected chi connectivity index (χ2v) is 8.73. The highest BCUT2D eigenvalue weighted by Crippen LogP contribution is 2.28. The molecule has 2 aromatic rings. The van der Waals surface area contributed by atoms with Crippen molar-refractivity contribution >= 4 is 17.3 Å². The van der Waals surface area contributed by atoms with Gasteiger partial charge in [-0.15, -0.1) is 0 Å². The van der Waals surface area contributed by atoms with Crippen LogP contribution in [0.3, 0.4) is 0 Å². The van der Waals surface area contributed by atoms with Gasteiger partial charge in [0.05, 0.1) is 19.8 Å². The molecular formula is C25H33N3O2. The summed E-state index contributed by atoms with van der Waals surface area (Å²) in [5.74, 6) is 0.596. The Hall–Kier alpha value is -2.37. The topological polar surface area (TPSA) is 44.8 Å². The molecule has 2 fully saturated rings. The fourth-order valence-corrected chi connectivity index (χ4v) is 3.96. The molecule has 1 aliphatic carbocycles. The van der Waals surface area contributed by atoms with Crippen LogP contribution in [0.15, 0.2) is 48.5 Å². The second kappa shape index (κ2) is 9.63. The number of rotatable bonds is 8. The number of nitrogens with one attached hydrogen (secondary N) is 1. The number of carbonyl (C=O) groups excluding carboxylic acids is 1. The third kappa shape index (κ3) is 5.61. The zero-order valence-corrected chi connectivity index (χ0v) is 18.1. The maximum absolute atomic E-state index is 12.7. The van der Waals surface area contributed by atoms with Crippen molar-refractivity contribution in [3.8, 4) is 0 Å². The highest BCUT2D eigenvalue weighted by molar-refractivity contribution is 5.92. The van der Waals surface area contributed by atoms with Gasteiger partial charge in [0.15, 0.2) is 0 Å². The van der Waals surface area contributed by atoms with Crippen molar-refractivity contribution < 1.29 is 9.53 Å². The molecule has 1 aliphatic heterocycles. The van der Waals surface area contributed by atoms with Gasteiger partial charge in [-0.2, -0.15) is 0 Å². The number of ether oxygens (including phenoxy) is 1. The third-order valence-corrected chi connectivity index (χ3v) is 5.97. The Bertz CT molecular complexity index is 822. The highest BCUT2D eigenvalue weighted by atomic mass is 16.5. The van der Waals surface area contributed by atoms with E-state index in [1.165, 1.54) is 29.7 Å².